The second kappa shape index (κ2) is 6.20. The van der Waals surface area contributed by atoms with Crippen molar-refractivity contribution in [2.45, 2.75) is 6.54 Å². The standard InChI is InChI=1S/C16H13Cl2N3/c17-13-7-4-8-14(18)16(13)19-9-12-10-20-21-15(12)11-5-2-1-3-6-11/h1-8,10,19H,9H2,(H,20,21). The van der Waals surface area contributed by atoms with Crippen molar-refractivity contribution in [3.63, 3.8) is 0 Å². The summed E-state index contributed by atoms with van der Waals surface area (Å²) in [7, 11) is 0. The second-order valence-corrected chi connectivity index (χ2v) is 5.40. The van der Waals surface area contributed by atoms with Crippen molar-refractivity contribution in [1.82, 2.24) is 10.2 Å². The number of hydrogen-bond acceptors (Lipinski definition) is 2. The number of H-pyrrole nitrogens is 1. The van der Waals surface area contributed by atoms with E-state index in [9.17, 15) is 0 Å². The van der Waals surface area contributed by atoms with Gasteiger partial charge >= 0.3 is 0 Å². The third kappa shape index (κ3) is 3.04. The Labute approximate surface area is 132 Å². The number of nitrogens with one attached hydrogen (secondary N) is 2. The Morgan fingerprint density at radius 2 is 1.67 bits per heavy atom. The summed E-state index contributed by atoms with van der Waals surface area (Å²) in [5.41, 5.74) is 3.88. The van der Waals surface area contributed by atoms with Gasteiger partial charge in [0.15, 0.2) is 0 Å². The van der Waals surface area contributed by atoms with Crippen LogP contribution in [0.4, 0.5) is 5.69 Å². The van der Waals surface area contributed by atoms with Gasteiger partial charge in [-0.1, -0.05) is 59.6 Å². The third-order valence-corrected chi connectivity index (χ3v) is 3.83. The van der Waals surface area contributed by atoms with E-state index < -0.39 is 0 Å². The van der Waals surface area contributed by atoms with Crippen molar-refractivity contribution < 1.29 is 0 Å². The first-order chi connectivity index (χ1) is 10.3. The minimum atomic E-state index is 0.587. The number of aromatic amines is 1. The van der Waals surface area contributed by atoms with Crippen LogP contribution in [0.15, 0.2) is 54.7 Å². The summed E-state index contributed by atoms with van der Waals surface area (Å²) < 4.78 is 0. The molecule has 0 fully saturated rings. The second-order valence-electron chi connectivity index (χ2n) is 4.59. The van der Waals surface area contributed by atoms with Crippen LogP contribution in [0.5, 0.6) is 0 Å². The maximum Gasteiger partial charge on any atom is 0.0721 e. The summed E-state index contributed by atoms with van der Waals surface area (Å²) in [6.07, 6.45) is 1.81. The molecule has 21 heavy (non-hydrogen) atoms. The molecule has 0 aliphatic heterocycles. The highest BCUT2D eigenvalue weighted by atomic mass is 35.5. The van der Waals surface area contributed by atoms with E-state index in [1.54, 1.807) is 6.20 Å². The van der Waals surface area contributed by atoms with Gasteiger partial charge in [-0.3, -0.25) is 5.10 Å². The van der Waals surface area contributed by atoms with Gasteiger partial charge in [0.2, 0.25) is 0 Å². The fraction of sp³-hybridized carbons (Fsp3) is 0.0625. The van der Waals surface area contributed by atoms with E-state index in [0.717, 1.165) is 22.5 Å². The summed E-state index contributed by atoms with van der Waals surface area (Å²) >= 11 is 12.3. The molecule has 0 aliphatic carbocycles. The summed E-state index contributed by atoms with van der Waals surface area (Å²) in [6.45, 7) is 0.587. The van der Waals surface area contributed by atoms with Crippen molar-refractivity contribution in [2.75, 3.05) is 5.32 Å². The highest BCUT2D eigenvalue weighted by Gasteiger charge is 2.09. The molecule has 1 heterocycles. The number of nitrogens with zero attached hydrogens (tertiary/aromatic N) is 1. The minimum Gasteiger partial charge on any atom is -0.378 e. The van der Waals surface area contributed by atoms with Crippen LogP contribution in [-0.4, -0.2) is 10.2 Å². The number of benzene rings is 2. The van der Waals surface area contributed by atoms with Gasteiger partial charge in [0.05, 0.1) is 27.6 Å². The molecular weight excluding hydrogens is 305 g/mol. The van der Waals surface area contributed by atoms with Crippen LogP contribution in [0.2, 0.25) is 10.0 Å². The van der Waals surface area contributed by atoms with Crippen LogP contribution in [0.3, 0.4) is 0 Å². The molecular formula is C16H13Cl2N3. The molecule has 3 nitrogen and oxygen atoms in total. The molecule has 0 bridgehead atoms. The van der Waals surface area contributed by atoms with Crippen LogP contribution in [-0.2, 0) is 6.54 Å². The lowest BCUT2D eigenvalue weighted by molar-refractivity contribution is 1.10. The van der Waals surface area contributed by atoms with E-state index in [0.29, 0.717) is 16.6 Å². The average molecular weight is 318 g/mol. The molecule has 0 unspecified atom stereocenters. The zero-order valence-electron chi connectivity index (χ0n) is 11.1. The number of halogens is 2. The number of hydrogen-bond donors (Lipinski definition) is 2. The Morgan fingerprint density at radius 1 is 0.952 bits per heavy atom. The molecule has 2 N–H and O–H groups in total. The van der Waals surface area contributed by atoms with Crippen LogP contribution in [0.25, 0.3) is 11.3 Å². The van der Waals surface area contributed by atoms with E-state index in [1.807, 2.05) is 48.5 Å². The highest BCUT2D eigenvalue weighted by Crippen LogP contribution is 2.31. The van der Waals surface area contributed by atoms with Gasteiger partial charge < -0.3 is 5.32 Å². The molecule has 1 aromatic heterocycles. The van der Waals surface area contributed by atoms with Crippen molar-refractivity contribution in [3.05, 3.63) is 70.3 Å². The predicted molar refractivity (Wildman–Crippen MR) is 87.8 cm³/mol. The minimum absolute atomic E-state index is 0.587. The van der Waals surface area contributed by atoms with E-state index in [1.165, 1.54) is 0 Å². The SMILES string of the molecule is Clc1cccc(Cl)c1NCc1cn[nH]c1-c1ccccc1. The van der Waals surface area contributed by atoms with Gasteiger partial charge in [0.1, 0.15) is 0 Å². The van der Waals surface area contributed by atoms with Gasteiger partial charge in [-0.05, 0) is 17.7 Å². The molecule has 2 aromatic carbocycles. The first kappa shape index (κ1) is 14.0. The fourth-order valence-electron chi connectivity index (χ4n) is 2.15. The lowest BCUT2D eigenvalue weighted by Crippen LogP contribution is -2.01. The first-order valence-electron chi connectivity index (χ1n) is 6.51. The maximum atomic E-state index is 6.16. The Bertz CT molecular complexity index is 718. The molecule has 0 amide bonds. The maximum absolute atomic E-state index is 6.16. The van der Waals surface area contributed by atoms with E-state index in [-0.39, 0.29) is 0 Å². The summed E-state index contributed by atoms with van der Waals surface area (Å²) in [4.78, 5) is 0. The van der Waals surface area contributed by atoms with Crippen molar-refractivity contribution in [2.24, 2.45) is 0 Å². The number of aromatic nitrogens is 2. The van der Waals surface area contributed by atoms with E-state index in [2.05, 4.69) is 15.5 Å². The lowest BCUT2D eigenvalue weighted by Gasteiger charge is -2.10. The molecule has 0 saturated heterocycles. The summed E-state index contributed by atoms with van der Waals surface area (Å²) in [5.74, 6) is 0. The van der Waals surface area contributed by atoms with E-state index in [4.69, 9.17) is 23.2 Å². The monoisotopic (exact) mass is 317 g/mol. The Balaban J connectivity index is 1.83. The first-order valence-corrected chi connectivity index (χ1v) is 7.27. The molecule has 0 spiro atoms. The average Bonchev–Trinajstić information content (AvgIpc) is 2.96. The van der Waals surface area contributed by atoms with Crippen molar-refractivity contribution in [1.29, 1.82) is 0 Å². The van der Waals surface area contributed by atoms with Crippen LogP contribution in [0.1, 0.15) is 5.56 Å². The van der Waals surface area contributed by atoms with Crippen LogP contribution >= 0.6 is 23.2 Å². The normalized spacial score (nSPS) is 10.6. The van der Waals surface area contributed by atoms with Gasteiger partial charge in [-0.15, -0.1) is 0 Å². The predicted octanol–water partition coefficient (Wildman–Crippen LogP) is 5.00. The summed E-state index contributed by atoms with van der Waals surface area (Å²) in [6, 6.07) is 15.5. The Kier molecular flexibility index (Phi) is 4.13. The zero-order valence-corrected chi connectivity index (χ0v) is 12.6. The van der Waals surface area contributed by atoms with Gasteiger partial charge in [0.25, 0.3) is 0 Å². The molecule has 3 aromatic rings. The number of para-hydroxylation sites is 1. The quantitative estimate of drug-likeness (QED) is 0.711. The number of anilines is 1. The fourth-order valence-corrected chi connectivity index (χ4v) is 2.68. The lowest BCUT2D eigenvalue weighted by atomic mass is 10.1. The smallest absolute Gasteiger partial charge is 0.0721 e. The largest absolute Gasteiger partial charge is 0.378 e. The topological polar surface area (TPSA) is 40.7 Å². The molecule has 0 radical (unpaired) electrons. The Morgan fingerprint density at radius 3 is 2.38 bits per heavy atom. The molecule has 3 rings (SSSR count). The van der Waals surface area contributed by atoms with Crippen molar-refractivity contribution >= 4 is 28.9 Å². The molecule has 5 heteroatoms. The zero-order chi connectivity index (χ0) is 14.7. The highest BCUT2D eigenvalue weighted by molar-refractivity contribution is 6.39. The van der Waals surface area contributed by atoms with Crippen LogP contribution < -0.4 is 5.32 Å². The molecule has 0 saturated carbocycles. The van der Waals surface area contributed by atoms with Crippen LogP contribution in [0, 0.1) is 0 Å². The summed E-state index contributed by atoms with van der Waals surface area (Å²) in [5, 5.41) is 11.6. The van der Waals surface area contributed by atoms with Gasteiger partial charge in [-0.25, -0.2) is 0 Å². The Hall–Kier alpha value is -1.97. The molecule has 0 aliphatic rings. The third-order valence-electron chi connectivity index (χ3n) is 3.20. The number of rotatable bonds is 4. The molecule has 0 atom stereocenters. The van der Waals surface area contributed by atoms with Crippen molar-refractivity contribution in [3.8, 4) is 11.3 Å². The van der Waals surface area contributed by atoms with E-state index >= 15 is 0 Å². The molecule has 106 valence electrons. The van der Waals surface area contributed by atoms with Gasteiger partial charge in [-0.2, -0.15) is 5.10 Å². The van der Waals surface area contributed by atoms with Gasteiger partial charge in [0, 0.05) is 12.1 Å².